The van der Waals surface area contributed by atoms with Gasteiger partial charge in [-0.2, -0.15) is 0 Å². The molecular weight excluding hydrogens is 266 g/mol. The van der Waals surface area contributed by atoms with E-state index in [0.717, 1.165) is 18.7 Å². The molecule has 0 aliphatic heterocycles. The minimum absolute atomic E-state index is 0.266. The summed E-state index contributed by atoms with van der Waals surface area (Å²) in [4.78, 5) is 11.6. The van der Waals surface area contributed by atoms with Gasteiger partial charge in [0.15, 0.2) is 0 Å². The van der Waals surface area contributed by atoms with Gasteiger partial charge in [0.2, 0.25) is 0 Å². The van der Waals surface area contributed by atoms with Crippen molar-refractivity contribution in [3.63, 3.8) is 0 Å². The molecule has 0 heterocycles. The molecule has 1 rings (SSSR count). The maximum absolute atomic E-state index is 11.6. The summed E-state index contributed by atoms with van der Waals surface area (Å²) in [6.45, 7) is 9.14. The lowest BCUT2D eigenvalue weighted by Crippen LogP contribution is -2.32. The molecule has 0 radical (unpaired) electrons. The molecule has 0 spiro atoms. The van der Waals surface area contributed by atoms with Crippen LogP contribution in [-0.2, 0) is 9.53 Å². The molecule has 0 fully saturated rings. The fourth-order valence-electron chi connectivity index (χ4n) is 2.14. The maximum Gasteiger partial charge on any atom is 0.314 e. The van der Waals surface area contributed by atoms with Crippen molar-refractivity contribution in [3.8, 4) is 5.75 Å². The molecule has 1 aromatic rings. The molecule has 1 atom stereocenters. The van der Waals surface area contributed by atoms with Gasteiger partial charge in [-0.25, -0.2) is 0 Å². The lowest BCUT2D eigenvalue weighted by atomic mass is 9.95. The normalized spacial score (nSPS) is 12.8. The molecule has 0 aromatic heterocycles. The quantitative estimate of drug-likeness (QED) is 0.747. The summed E-state index contributed by atoms with van der Waals surface area (Å²) in [5.74, 6) is 0.499. The first kappa shape index (κ1) is 17.5. The number of hydrogen-bond acceptors (Lipinski definition) is 4. The van der Waals surface area contributed by atoms with Gasteiger partial charge in [0.25, 0.3) is 0 Å². The van der Waals surface area contributed by atoms with E-state index >= 15 is 0 Å². The third-order valence-electron chi connectivity index (χ3n) is 3.48. The zero-order chi connectivity index (χ0) is 15.9. The molecule has 0 aliphatic rings. The number of benzene rings is 1. The monoisotopic (exact) mass is 293 g/mol. The van der Waals surface area contributed by atoms with Crippen molar-refractivity contribution in [2.24, 2.45) is 5.41 Å². The Labute approximate surface area is 127 Å². The lowest BCUT2D eigenvalue weighted by Gasteiger charge is -2.22. The van der Waals surface area contributed by atoms with Crippen LogP contribution >= 0.6 is 0 Å². The Bertz CT molecular complexity index is 440. The molecule has 1 unspecified atom stereocenters. The van der Waals surface area contributed by atoms with Gasteiger partial charge >= 0.3 is 5.97 Å². The number of nitrogens with one attached hydrogen (secondary N) is 1. The fraction of sp³-hybridized carbons (Fsp3) is 0.588. The van der Waals surface area contributed by atoms with Crippen LogP contribution in [0.5, 0.6) is 5.75 Å². The van der Waals surface area contributed by atoms with E-state index < -0.39 is 5.41 Å². The van der Waals surface area contributed by atoms with Crippen molar-refractivity contribution in [1.82, 2.24) is 5.32 Å². The second kappa shape index (κ2) is 8.03. The SMILES string of the molecule is CCNC(CC)c1ccc(OCC(C)(C)C(=O)OC)cc1. The van der Waals surface area contributed by atoms with Gasteiger partial charge in [0.1, 0.15) is 12.4 Å². The highest BCUT2D eigenvalue weighted by Crippen LogP contribution is 2.23. The largest absolute Gasteiger partial charge is 0.492 e. The van der Waals surface area contributed by atoms with E-state index in [1.165, 1.54) is 12.7 Å². The second-order valence-electron chi connectivity index (χ2n) is 5.75. The Morgan fingerprint density at radius 2 is 1.86 bits per heavy atom. The lowest BCUT2D eigenvalue weighted by molar-refractivity contribution is -0.152. The van der Waals surface area contributed by atoms with Gasteiger partial charge in [-0.1, -0.05) is 26.0 Å². The van der Waals surface area contributed by atoms with E-state index in [-0.39, 0.29) is 5.97 Å². The highest BCUT2D eigenvalue weighted by atomic mass is 16.5. The van der Waals surface area contributed by atoms with E-state index in [4.69, 9.17) is 9.47 Å². The van der Waals surface area contributed by atoms with E-state index in [9.17, 15) is 4.79 Å². The van der Waals surface area contributed by atoms with Crippen LogP contribution in [-0.4, -0.2) is 26.2 Å². The molecule has 4 nitrogen and oxygen atoms in total. The number of carbonyl (C=O) groups excluding carboxylic acids is 1. The number of esters is 1. The molecule has 118 valence electrons. The first-order chi connectivity index (χ1) is 9.94. The molecule has 0 bridgehead atoms. The Kier molecular flexibility index (Phi) is 6.69. The maximum atomic E-state index is 11.6. The second-order valence-corrected chi connectivity index (χ2v) is 5.75. The minimum atomic E-state index is -0.650. The van der Waals surface area contributed by atoms with E-state index in [1.807, 2.05) is 26.0 Å². The Hall–Kier alpha value is -1.55. The molecule has 4 heteroatoms. The van der Waals surface area contributed by atoms with Crippen LogP contribution < -0.4 is 10.1 Å². The van der Waals surface area contributed by atoms with Crippen LogP contribution in [0.3, 0.4) is 0 Å². The molecule has 1 N–H and O–H groups in total. The summed E-state index contributed by atoms with van der Waals surface area (Å²) in [6, 6.07) is 8.40. The highest BCUT2D eigenvalue weighted by molar-refractivity contribution is 5.75. The summed E-state index contributed by atoms with van der Waals surface area (Å²) >= 11 is 0. The summed E-state index contributed by atoms with van der Waals surface area (Å²) in [6.07, 6.45) is 1.05. The third-order valence-corrected chi connectivity index (χ3v) is 3.48. The number of rotatable bonds is 8. The number of hydrogen-bond donors (Lipinski definition) is 1. The van der Waals surface area contributed by atoms with Crippen molar-refractivity contribution < 1.29 is 14.3 Å². The first-order valence-electron chi connectivity index (χ1n) is 7.49. The predicted octanol–water partition coefficient (Wildman–Crippen LogP) is 3.33. The fourth-order valence-corrected chi connectivity index (χ4v) is 2.14. The molecule has 0 saturated carbocycles. The third kappa shape index (κ3) is 5.05. The van der Waals surface area contributed by atoms with Crippen LogP contribution in [0.15, 0.2) is 24.3 Å². The summed E-state index contributed by atoms with van der Waals surface area (Å²) in [5, 5.41) is 3.44. The van der Waals surface area contributed by atoms with Crippen molar-refractivity contribution in [2.45, 2.75) is 40.2 Å². The molecule has 0 saturated heterocycles. The molecule has 0 amide bonds. The number of methoxy groups -OCH3 is 1. The summed E-state index contributed by atoms with van der Waals surface area (Å²) < 4.78 is 10.5. The standard InChI is InChI=1S/C17H27NO3/c1-6-15(18-7-2)13-8-10-14(11-9-13)21-12-17(3,4)16(19)20-5/h8-11,15,18H,6-7,12H2,1-5H3. The van der Waals surface area contributed by atoms with Gasteiger partial charge in [0, 0.05) is 6.04 Å². The van der Waals surface area contributed by atoms with Crippen molar-refractivity contribution in [1.29, 1.82) is 0 Å². The molecule has 0 aliphatic carbocycles. The zero-order valence-electron chi connectivity index (χ0n) is 13.7. The average molecular weight is 293 g/mol. The van der Waals surface area contributed by atoms with Gasteiger partial charge in [0.05, 0.1) is 12.5 Å². The molecular formula is C17H27NO3. The summed E-state index contributed by atoms with van der Waals surface area (Å²) in [5.41, 5.74) is 0.599. The van der Waals surface area contributed by atoms with Crippen molar-refractivity contribution in [3.05, 3.63) is 29.8 Å². The molecule has 21 heavy (non-hydrogen) atoms. The smallest absolute Gasteiger partial charge is 0.314 e. The van der Waals surface area contributed by atoms with Crippen molar-refractivity contribution in [2.75, 3.05) is 20.3 Å². The zero-order valence-corrected chi connectivity index (χ0v) is 13.7. The van der Waals surface area contributed by atoms with Gasteiger partial charge in [-0.3, -0.25) is 4.79 Å². The van der Waals surface area contributed by atoms with Crippen LogP contribution in [0, 0.1) is 5.41 Å². The Morgan fingerprint density at radius 1 is 1.24 bits per heavy atom. The van der Waals surface area contributed by atoms with Gasteiger partial charge in [-0.05, 0) is 44.5 Å². The van der Waals surface area contributed by atoms with E-state index in [2.05, 4.69) is 31.3 Å². The summed E-state index contributed by atoms with van der Waals surface area (Å²) in [7, 11) is 1.39. The predicted molar refractivity (Wildman–Crippen MR) is 84.4 cm³/mol. The van der Waals surface area contributed by atoms with Crippen LogP contribution in [0.1, 0.15) is 45.7 Å². The minimum Gasteiger partial charge on any atom is -0.492 e. The van der Waals surface area contributed by atoms with Gasteiger partial charge < -0.3 is 14.8 Å². The van der Waals surface area contributed by atoms with Crippen LogP contribution in [0.2, 0.25) is 0 Å². The van der Waals surface area contributed by atoms with Crippen LogP contribution in [0.4, 0.5) is 0 Å². The molecule has 1 aromatic carbocycles. The van der Waals surface area contributed by atoms with Crippen LogP contribution in [0.25, 0.3) is 0 Å². The number of ether oxygens (including phenoxy) is 2. The Balaban J connectivity index is 2.64. The topological polar surface area (TPSA) is 47.6 Å². The highest BCUT2D eigenvalue weighted by Gasteiger charge is 2.29. The van der Waals surface area contributed by atoms with E-state index in [1.54, 1.807) is 0 Å². The average Bonchev–Trinajstić information content (AvgIpc) is 2.50. The van der Waals surface area contributed by atoms with Gasteiger partial charge in [-0.15, -0.1) is 0 Å². The first-order valence-corrected chi connectivity index (χ1v) is 7.49. The number of carbonyl (C=O) groups is 1. The Morgan fingerprint density at radius 3 is 2.33 bits per heavy atom. The van der Waals surface area contributed by atoms with Crippen molar-refractivity contribution >= 4 is 5.97 Å². The van der Waals surface area contributed by atoms with E-state index in [0.29, 0.717) is 12.6 Å².